The van der Waals surface area contributed by atoms with E-state index >= 15 is 0 Å². The summed E-state index contributed by atoms with van der Waals surface area (Å²) in [5.41, 5.74) is 7.39. The normalized spacial score (nSPS) is 10.5. The average molecular weight is 234 g/mol. The van der Waals surface area contributed by atoms with Crippen LogP contribution in [0.3, 0.4) is 0 Å². The average Bonchev–Trinajstić information content (AvgIpc) is 2.75. The molecule has 0 aliphatic carbocycles. The quantitative estimate of drug-likeness (QED) is 0.737. The van der Waals surface area contributed by atoms with Crippen molar-refractivity contribution in [1.29, 1.82) is 0 Å². The van der Waals surface area contributed by atoms with Crippen LogP contribution in [-0.2, 0) is 0 Å². The second-order valence-corrected chi connectivity index (χ2v) is 3.89. The molecule has 17 heavy (non-hydrogen) atoms. The number of nitrogens with zero attached hydrogens (tertiary/aromatic N) is 1. The Labute approximate surface area is 98.2 Å². The first-order chi connectivity index (χ1) is 7.99. The molecule has 0 aliphatic rings. The Kier molecular flexibility index (Phi) is 2.63. The largest absolute Gasteiger partial charge is 0.466 e. The first-order valence-electron chi connectivity index (χ1n) is 5.18. The van der Waals surface area contributed by atoms with Crippen LogP contribution in [0.25, 0.3) is 0 Å². The number of aromatic amines is 1. The van der Waals surface area contributed by atoms with Crippen LogP contribution in [0, 0.1) is 20.8 Å². The van der Waals surface area contributed by atoms with E-state index < -0.39 is 0 Å². The molecule has 2 aromatic rings. The van der Waals surface area contributed by atoms with Crippen molar-refractivity contribution >= 4 is 17.4 Å². The molecule has 2 heterocycles. The number of aryl methyl sites for hydroxylation is 3. The van der Waals surface area contributed by atoms with Gasteiger partial charge in [0.15, 0.2) is 5.82 Å². The number of hydrogen-bond acceptors (Lipinski definition) is 4. The van der Waals surface area contributed by atoms with E-state index in [9.17, 15) is 4.79 Å². The van der Waals surface area contributed by atoms with Crippen molar-refractivity contribution in [3.8, 4) is 0 Å². The molecule has 0 spiro atoms. The molecule has 6 heteroatoms. The maximum Gasteiger partial charge on any atom is 0.260 e. The lowest BCUT2D eigenvalue weighted by Crippen LogP contribution is -2.13. The highest BCUT2D eigenvalue weighted by Crippen LogP contribution is 2.20. The minimum absolute atomic E-state index is 0.280. The van der Waals surface area contributed by atoms with Crippen molar-refractivity contribution < 1.29 is 9.21 Å². The number of furan rings is 1. The van der Waals surface area contributed by atoms with Crippen LogP contribution in [-0.4, -0.2) is 16.1 Å². The second-order valence-electron chi connectivity index (χ2n) is 3.89. The molecule has 0 saturated heterocycles. The topological polar surface area (TPSA) is 96.9 Å². The zero-order valence-corrected chi connectivity index (χ0v) is 9.92. The van der Waals surface area contributed by atoms with Crippen LogP contribution in [0.1, 0.15) is 27.6 Å². The molecule has 0 aliphatic heterocycles. The van der Waals surface area contributed by atoms with Gasteiger partial charge in [-0.2, -0.15) is 5.10 Å². The lowest BCUT2D eigenvalue weighted by Gasteiger charge is -2.01. The van der Waals surface area contributed by atoms with E-state index in [0.717, 1.165) is 5.69 Å². The number of anilines is 2. The predicted octanol–water partition coefficient (Wildman–Crippen LogP) is 1.76. The summed E-state index contributed by atoms with van der Waals surface area (Å²) < 4.78 is 5.29. The molecule has 6 nitrogen and oxygen atoms in total. The van der Waals surface area contributed by atoms with Crippen LogP contribution in [0.4, 0.5) is 11.5 Å². The fourth-order valence-corrected chi connectivity index (χ4v) is 1.56. The Morgan fingerprint density at radius 3 is 2.65 bits per heavy atom. The molecule has 0 unspecified atom stereocenters. The molecule has 0 saturated carbocycles. The summed E-state index contributed by atoms with van der Waals surface area (Å²) in [6, 6.07) is 1.68. The first-order valence-corrected chi connectivity index (χ1v) is 5.18. The minimum atomic E-state index is -0.280. The molecule has 1 amide bonds. The van der Waals surface area contributed by atoms with E-state index in [4.69, 9.17) is 10.2 Å². The van der Waals surface area contributed by atoms with Crippen molar-refractivity contribution in [3.63, 3.8) is 0 Å². The monoisotopic (exact) mass is 234 g/mol. The van der Waals surface area contributed by atoms with Crippen molar-refractivity contribution in [3.05, 3.63) is 28.8 Å². The van der Waals surface area contributed by atoms with Crippen LogP contribution in [0.5, 0.6) is 0 Å². The second kappa shape index (κ2) is 3.97. The van der Waals surface area contributed by atoms with Crippen molar-refractivity contribution in [2.24, 2.45) is 0 Å². The minimum Gasteiger partial charge on any atom is -0.466 e. The van der Waals surface area contributed by atoms with Gasteiger partial charge in [-0.3, -0.25) is 9.89 Å². The Morgan fingerprint density at radius 2 is 2.18 bits per heavy atom. The van der Waals surface area contributed by atoms with Crippen LogP contribution >= 0.6 is 0 Å². The van der Waals surface area contributed by atoms with Gasteiger partial charge >= 0.3 is 0 Å². The number of hydrogen-bond donors (Lipinski definition) is 3. The van der Waals surface area contributed by atoms with Crippen molar-refractivity contribution in [2.75, 3.05) is 11.1 Å². The van der Waals surface area contributed by atoms with E-state index in [1.54, 1.807) is 26.8 Å². The van der Waals surface area contributed by atoms with Gasteiger partial charge in [0.1, 0.15) is 11.5 Å². The van der Waals surface area contributed by atoms with E-state index in [1.165, 1.54) is 0 Å². The van der Waals surface area contributed by atoms with Crippen molar-refractivity contribution in [2.45, 2.75) is 20.8 Å². The zero-order valence-electron chi connectivity index (χ0n) is 9.92. The highest BCUT2D eigenvalue weighted by molar-refractivity contribution is 6.05. The van der Waals surface area contributed by atoms with Gasteiger partial charge in [0.2, 0.25) is 0 Å². The summed E-state index contributed by atoms with van der Waals surface area (Å²) in [5, 5.41) is 9.24. The van der Waals surface area contributed by atoms with Gasteiger partial charge in [-0.05, 0) is 26.8 Å². The fraction of sp³-hybridized carbons (Fsp3) is 0.273. The van der Waals surface area contributed by atoms with Gasteiger partial charge in [0.05, 0.1) is 16.9 Å². The first kappa shape index (κ1) is 11.3. The van der Waals surface area contributed by atoms with Gasteiger partial charge in [-0.25, -0.2) is 0 Å². The highest BCUT2D eigenvalue weighted by Gasteiger charge is 2.16. The molecule has 4 N–H and O–H groups in total. The maximum absolute atomic E-state index is 11.9. The Balaban J connectivity index is 2.23. The number of carbonyl (C=O) groups excluding carboxylic acids is 1. The van der Waals surface area contributed by atoms with E-state index in [0.29, 0.717) is 28.6 Å². The lowest BCUT2D eigenvalue weighted by atomic mass is 10.2. The molecule has 0 atom stereocenters. The fourth-order valence-electron chi connectivity index (χ4n) is 1.56. The van der Waals surface area contributed by atoms with E-state index in [1.807, 2.05) is 0 Å². The molecule has 90 valence electrons. The highest BCUT2D eigenvalue weighted by atomic mass is 16.3. The van der Waals surface area contributed by atoms with Gasteiger partial charge in [0, 0.05) is 0 Å². The number of carbonyl (C=O) groups is 1. The molecule has 2 rings (SSSR count). The standard InChI is InChI=1S/C11H14N4O2/c1-5-4-8(7(3)17-5)11(16)13-10-9(12)6(2)14-15-10/h4H,12H2,1-3H3,(H2,13,14,15,16). The van der Waals surface area contributed by atoms with Crippen LogP contribution in [0.2, 0.25) is 0 Å². The maximum atomic E-state index is 11.9. The van der Waals surface area contributed by atoms with Gasteiger partial charge in [-0.1, -0.05) is 0 Å². The summed E-state index contributed by atoms with van der Waals surface area (Å²) in [5.74, 6) is 1.33. The number of nitrogen functional groups attached to an aromatic ring is 1. The third-order valence-corrected chi connectivity index (χ3v) is 2.51. The summed E-state index contributed by atoms with van der Waals surface area (Å²) in [6.07, 6.45) is 0. The molecule has 0 radical (unpaired) electrons. The Hall–Kier alpha value is -2.24. The molecular formula is C11H14N4O2. The smallest absolute Gasteiger partial charge is 0.260 e. The summed E-state index contributed by atoms with van der Waals surface area (Å²) >= 11 is 0. The Morgan fingerprint density at radius 1 is 1.47 bits per heavy atom. The molecule has 0 bridgehead atoms. The Bertz CT molecular complexity index is 568. The molecular weight excluding hydrogens is 220 g/mol. The number of aromatic nitrogens is 2. The zero-order chi connectivity index (χ0) is 12.6. The summed E-state index contributed by atoms with van der Waals surface area (Å²) in [7, 11) is 0. The van der Waals surface area contributed by atoms with E-state index in [2.05, 4.69) is 15.5 Å². The molecule has 2 aromatic heterocycles. The number of rotatable bonds is 2. The van der Waals surface area contributed by atoms with Crippen LogP contribution in [0.15, 0.2) is 10.5 Å². The molecule has 0 fully saturated rings. The molecule has 0 aromatic carbocycles. The van der Waals surface area contributed by atoms with Crippen molar-refractivity contribution in [1.82, 2.24) is 10.2 Å². The number of H-pyrrole nitrogens is 1. The number of nitrogens with two attached hydrogens (primary N) is 1. The van der Waals surface area contributed by atoms with Gasteiger partial charge in [-0.15, -0.1) is 0 Å². The third kappa shape index (κ3) is 2.01. The van der Waals surface area contributed by atoms with Gasteiger partial charge in [0.25, 0.3) is 5.91 Å². The summed E-state index contributed by atoms with van der Waals surface area (Å²) in [6.45, 7) is 5.31. The SMILES string of the molecule is Cc1cc(C(=O)Nc2n[nH]c(C)c2N)c(C)o1. The predicted molar refractivity (Wildman–Crippen MR) is 63.9 cm³/mol. The van der Waals surface area contributed by atoms with E-state index in [-0.39, 0.29) is 5.91 Å². The number of nitrogens with one attached hydrogen (secondary N) is 2. The number of amides is 1. The van der Waals surface area contributed by atoms with Gasteiger partial charge < -0.3 is 15.5 Å². The van der Waals surface area contributed by atoms with Crippen LogP contribution < -0.4 is 11.1 Å². The summed E-state index contributed by atoms with van der Waals surface area (Å²) in [4.78, 5) is 11.9. The lowest BCUT2D eigenvalue weighted by molar-refractivity contribution is 0.102. The third-order valence-electron chi connectivity index (χ3n) is 2.51.